The topological polar surface area (TPSA) is 103 Å². The Balaban J connectivity index is 1.90. The standard InChI is InChI=1S/C13H16ClN7O/c1-13(2,22)9-5-3-4-8(18-9)6-20-12-10(19-21(20)15)11(14)16-7-17-12/h3-5,7,19,22H,6,15H2,1-2H3. The molecule has 116 valence electrons. The van der Waals surface area contributed by atoms with Crippen molar-refractivity contribution in [3.8, 4) is 0 Å². The van der Waals surface area contributed by atoms with Crippen molar-refractivity contribution in [3.05, 3.63) is 41.1 Å². The average molecular weight is 322 g/mol. The van der Waals surface area contributed by atoms with E-state index < -0.39 is 5.60 Å². The van der Waals surface area contributed by atoms with Gasteiger partial charge in [-0.05, 0) is 26.0 Å². The van der Waals surface area contributed by atoms with Crippen LogP contribution in [0.4, 0.5) is 11.5 Å². The normalized spacial score (nSPS) is 14.9. The molecule has 0 saturated carbocycles. The van der Waals surface area contributed by atoms with Crippen LogP contribution in [-0.4, -0.2) is 25.3 Å². The quantitative estimate of drug-likeness (QED) is 0.572. The number of hydrogen-bond acceptors (Lipinski definition) is 8. The van der Waals surface area contributed by atoms with Crippen molar-refractivity contribution in [2.45, 2.75) is 26.0 Å². The first-order valence-electron chi connectivity index (χ1n) is 6.64. The fraction of sp³-hybridized carbons (Fsp3) is 0.308. The molecule has 0 amide bonds. The number of hydrazine groups is 3. The van der Waals surface area contributed by atoms with Crippen molar-refractivity contribution in [1.82, 2.24) is 20.2 Å². The highest BCUT2D eigenvalue weighted by Gasteiger charge is 2.29. The van der Waals surface area contributed by atoms with Crippen LogP contribution in [0.15, 0.2) is 24.5 Å². The summed E-state index contributed by atoms with van der Waals surface area (Å²) in [7, 11) is 0. The summed E-state index contributed by atoms with van der Waals surface area (Å²) in [6.45, 7) is 3.75. The highest BCUT2D eigenvalue weighted by molar-refractivity contribution is 6.32. The number of aliphatic hydroxyl groups is 1. The molecule has 9 heteroatoms. The lowest BCUT2D eigenvalue weighted by Gasteiger charge is -2.24. The predicted octanol–water partition coefficient (Wildman–Crippen LogP) is 1.19. The first kappa shape index (κ1) is 14.9. The monoisotopic (exact) mass is 321 g/mol. The van der Waals surface area contributed by atoms with Crippen LogP contribution < -0.4 is 16.3 Å². The zero-order chi connectivity index (χ0) is 15.9. The fourth-order valence-corrected chi connectivity index (χ4v) is 2.31. The summed E-state index contributed by atoms with van der Waals surface area (Å²) in [5, 5.41) is 13.3. The van der Waals surface area contributed by atoms with Gasteiger partial charge in [-0.1, -0.05) is 22.9 Å². The SMILES string of the molecule is CC(C)(O)c1cccc(CN2c3ncnc(Cl)c3NN2N)n1. The molecule has 0 fully saturated rings. The average Bonchev–Trinajstić information content (AvgIpc) is 2.77. The Morgan fingerprint density at radius 1 is 1.36 bits per heavy atom. The minimum Gasteiger partial charge on any atom is -0.384 e. The molecule has 3 rings (SSSR count). The van der Waals surface area contributed by atoms with Gasteiger partial charge in [-0.15, -0.1) is 0 Å². The molecule has 22 heavy (non-hydrogen) atoms. The van der Waals surface area contributed by atoms with Gasteiger partial charge in [0.25, 0.3) is 0 Å². The molecule has 2 aromatic heterocycles. The van der Waals surface area contributed by atoms with E-state index >= 15 is 0 Å². The summed E-state index contributed by atoms with van der Waals surface area (Å²) in [5.41, 5.74) is 3.74. The number of rotatable bonds is 3. The molecule has 0 spiro atoms. The fourth-order valence-electron chi connectivity index (χ4n) is 2.14. The molecule has 0 atom stereocenters. The minimum atomic E-state index is -1.01. The number of hydrogen-bond donors (Lipinski definition) is 3. The van der Waals surface area contributed by atoms with Crippen molar-refractivity contribution in [2.24, 2.45) is 5.84 Å². The number of nitrogens with one attached hydrogen (secondary N) is 1. The third-order valence-electron chi connectivity index (χ3n) is 3.26. The number of nitrogens with two attached hydrogens (primary N) is 1. The van der Waals surface area contributed by atoms with E-state index in [9.17, 15) is 5.11 Å². The largest absolute Gasteiger partial charge is 0.384 e. The summed E-state index contributed by atoms with van der Waals surface area (Å²) in [4.78, 5) is 12.6. The molecule has 2 aromatic rings. The van der Waals surface area contributed by atoms with E-state index in [2.05, 4.69) is 20.4 Å². The van der Waals surface area contributed by atoms with Gasteiger partial charge >= 0.3 is 0 Å². The second-order valence-electron chi connectivity index (χ2n) is 5.45. The number of aromatic nitrogens is 3. The minimum absolute atomic E-state index is 0.293. The second-order valence-corrected chi connectivity index (χ2v) is 5.81. The lowest BCUT2D eigenvalue weighted by molar-refractivity contribution is 0.0736. The Morgan fingerprint density at radius 2 is 2.14 bits per heavy atom. The number of anilines is 2. The van der Waals surface area contributed by atoms with Crippen molar-refractivity contribution >= 4 is 23.1 Å². The molecular weight excluding hydrogens is 306 g/mol. The summed E-state index contributed by atoms with van der Waals surface area (Å²) in [6, 6.07) is 5.47. The molecule has 0 radical (unpaired) electrons. The van der Waals surface area contributed by atoms with E-state index in [0.717, 1.165) is 5.69 Å². The van der Waals surface area contributed by atoms with Crippen LogP contribution >= 0.6 is 11.6 Å². The van der Waals surface area contributed by atoms with Gasteiger partial charge in [0.05, 0.1) is 17.9 Å². The van der Waals surface area contributed by atoms with Crippen LogP contribution in [0.2, 0.25) is 5.15 Å². The van der Waals surface area contributed by atoms with Crippen LogP contribution in [0.1, 0.15) is 25.2 Å². The molecule has 4 N–H and O–H groups in total. The molecular formula is C13H16ClN7O. The Morgan fingerprint density at radius 3 is 2.86 bits per heavy atom. The molecule has 0 aliphatic carbocycles. The highest BCUT2D eigenvalue weighted by Crippen LogP contribution is 2.35. The number of halogens is 1. The van der Waals surface area contributed by atoms with Gasteiger partial charge in [-0.3, -0.25) is 10.4 Å². The van der Waals surface area contributed by atoms with E-state index in [1.807, 2.05) is 12.1 Å². The molecule has 0 saturated heterocycles. The Kier molecular flexibility index (Phi) is 3.61. The van der Waals surface area contributed by atoms with Crippen molar-refractivity contribution in [1.29, 1.82) is 0 Å². The lowest BCUT2D eigenvalue weighted by atomic mass is 10.0. The first-order chi connectivity index (χ1) is 10.4. The van der Waals surface area contributed by atoms with E-state index in [0.29, 0.717) is 28.9 Å². The van der Waals surface area contributed by atoms with Crippen LogP contribution in [-0.2, 0) is 12.1 Å². The maximum atomic E-state index is 10.1. The van der Waals surface area contributed by atoms with E-state index in [1.54, 1.807) is 24.9 Å². The van der Waals surface area contributed by atoms with Crippen molar-refractivity contribution in [3.63, 3.8) is 0 Å². The van der Waals surface area contributed by atoms with Crippen LogP contribution in [0.3, 0.4) is 0 Å². The predicted molar refractivity (Wildman–Crippen MR) is 82.4 cm³/mol. The molecule has 0 unspecified atom stereocenters. The zero-order valence-corrected chi connectivity index (χ0v) is 12.9. The Labute approximate surface area is 132 Å². The number of nitrogens with zero attached hydrogens (tertiary/aromatic N) is 5. The van der Waals surface area contributed by atoms with E-state index in [4.69, 9.17) is 17.4 Å². The van der Waals surface area contributed by atoms with Crippen molar-refractivity contribution in [2.75, 3.05) is 10.4 Å². The smallest absolute Gasteiger partial charge is 0.175 e. The highest BCUT2D eigenvalue weighted by atomic mass is 35.5. The molecule has 1 aliphatic rings. The Hall–Kier alpha value is -2.00. The van der Waals surface area contributed by atoms with Crippen molar-refractivity contribution < 1.29 is 5.11 Å². The third kappa shape index (κ3) is 2.69. The van der Waals surface area contributed by atoms with Gasteiger partial charge in [-0.25, -0.2) is 20.8 Å². The van der Waals surface area contributed by atoms with Gasteiger partial charge in [0.15, 0.2) is 11.0 Å². The molecule has 1 aliphatic heterocycles. The van der Waals surface area contributed by atoms with Gasteiger partial charge in [0.1, 0.15) is 17.6 Å². The lowest BCUT2D eigenvalue weighted by Crippen LogP contribution is -2.46. The molecule has 3 heterocycles. The van der Waals surface area contributed by atoms with Gasteiger partial charge in [-0.2, -0.15) is 0 Å². The van der Waals surface area contributed by atoms with Gasteiger partial charge in [0.2, 0.25) is 0 Å². The zero-order valence-electron chi connectivity index (χ0n) is 12.2. The van der Waals surface area contributed by atoms with Crippen LogP contribution in [0.25, 0.3) is 0 Å². The Bertz CT molecular complexity index is 703. The molecule has 0 aromatic carbocycles. The van der Waals surface area contributed by atoms with Gasteiger partial charge in [0, 0.05) is 0 Å². The summed E-state index contributed by atoms with van der Waals surface area (Å²) in [5.74, 6) is 6.48. The number of pyridine rings is 1. The van der Waals surface area contributed by atoms with Gasteiger partial charge < -0.3 is 5.11 Å². The molecule has 0 bridgehead atoms. The van der Waals surface area contributed by atoms with E-state index in [-0.39, 0.29) is 0 Å². The maximum Gasteiger partial charge on any atom is 0.175 e. The van der Waals surface area contributed by atoms with Crippen LogP contribution in [0, 0.1) is 0 Å². The van der Waals surface area contributed by atoms with Crippen LogP contribution in [0.5, 0.6) is 0 Å². The summed E-state index contributed by atoms with van der Waals surface area (Å²) < 4.78 is 0. The maximum absolute atomic E-state index is 10.1. The second kappa shape index (κ2) is 5.33. The summed E-state index contributed by atoms with van der Waals surface area (Å²) in [6.07, 6.45) is 1.37. The first-order valence-corrected chi connectivity index (χ1v) is 7.02. The summed E-state index contributed by atoms with van der Waals surface area (Å²) >= 11 is 6.02. The van der Waals surface area contributed by atoms with E-state index in [1.165, 1.54) is 11.6 Å². The third-order valence-corrected chi connectivity index (χ3v) is 3.54. The number of fused-ring (bicyclic) bond motifs is 1. The molecule has 8 nitrogen and oxygen atoms in total.